The van der Waals surface area contributed by atoms with Gasteiger partial charge in [0.2, 0.25) is 24.5 Å². The number of nitrogens with one attached hydrogen (secondary N) is 2. The average molecular weight is 524 g/mol. The fourth-order valence-electron chi connectivity index (χ4n) is 4.96. The molecule has 2 fully saturated rings. The number of carbonyl (C=O) groups excluding carboxylic acids is 3. The number of carbonyl (C=O) groups is 3. The maximum Gasteiger partial charge on any atom is 0.243 e. The lowest BCUT2D eigenvalue weighted by atomic mass is 10.1. The van der Waals surface area contributed by atoms with E-state index in [0.717, 1.165) is 49.8 Å². The van der Waals surface area contributed by atoms with Gasteiger partial charge in [0.25, 0.3) is 0 Å². The Balaban J connectivity index is 1.11. The van der Waals surface area contributed by atoms with Crippen LogP contribution in [0.5, 0.6) is 17.2 Å². The second-order valence-electron chi connectivity index (χ2n) is 9.61. The lowest BCUT2D eigenvalue weighted by Gasteiger charge is -2.38. The molecule has 0 bridgehead atoms. The Hall–Kier alpha value is -3.83. The molecule has 0 saturated carbocycles. The molecule has 2 saturated heterocycles. The molecular formula is C27H33N5O6. The summed E-state index contributed by atoms with van der Waals surface area (Å²) >= 11 is 0. The molecule has 3 aliphatic rings. The predicted octanol–water partition coefficient (Wildman–Crippen LogP) is 0.897. The van der Waals surface area contributed by atoms with Gasteiger partial charge in [-0.25, -0.2) is 0 Å². The number of rotatable bonds is 8. The van der Waals surface area contributed by atoms with Gasteiger partial charge in [-0.1, -0.05) is 6.07 Å². The summed E-state index contributed by atoms with van der Waals surface area (Å²) in [5.41, 5.74) is 1.76. The van der Waals surface area contributed by atoms with Crippen LogP contribution in [0, 0.1) is 0 Å². The number of ether oxygens (including phenoxy) is 3. The highest BCUT2D eigenvalue weighted by Crippen LogP contribution is 2.32. The highest BCUT2D eigenvalue weighted by molar-refractivity contribution is 5.97. The molecular weight excluding hydrogens is 490 g/mol. The zero-order valence-electron chi connectivity index (χ0n) is 21.5. The second-order valence-corrected chi connectivity index (χ2v) is 9.61. The molecule has 3 heterocycles. The monoisotopic (exact) mass is 523 g/mol. The van der Waals surface area contributed by atoms with Crippen molar-refractivity contribution >= 4 is 23.4 Å². The van der Waals surface area contributed by atoms with E-state index in [2.05, 4.69) is 26.5 Å². The first-order chi connectivity index (χ1) is 18.5. The predicted molar refractivity (Wildman–Crippen MR) is 139 cm³/mol. The number of nitrogens with zero attached hydrogens (tertiary/aromatic N) is 3. The summed E-state index contributed by atoms with van der Waals surface area (Å²) in [4.78, 5) is 44.6. The highest BCUT2D eigenvalue weighted by Gasteiger charge is 2.35. The Kier molecular flexibility index (Phi) is 7.94. The fraction of sp³-hybridized carbons (Fsp3) is 0.444. The first-order valence-electron chi connectivity index (χ1n) is 12.8. The normalized spacial score (nSPS) is 19.7. The van der Waals surface area contributed by atoms with E-state index in [1.807, 2.05) is 12.1 Å². The third-order valence-corrected chi connectivity index (χ3v) is 7.07. The van der Waals surface area contributed by atoms with Crippen molar-refractivity contribution in [3.05, 3.63) is 48.0 Å². The molecule has 0 unspecified atom stereocenters. The number of benzene rings is 2. The number of piperazine rings is 2. The molecule has 2 aromatic rings. The molecule has 38 heavy (non-hydrogen) atoms. The van der Waals surface area contributed by atoms with Crippen molar-refractivity contribution in [2.24, 2.45) is 0 Å². The number of anilines is 1. The molecule has 2 N–H and O–H groups in total. The minimum Gasteiger partial charge on any atom is -0.497 e. The van der Waals surface area contributed by atoms with Crippen molar-refractivity contribution in [3.8, 4) is 17.2 Å². The summed E-state index contributed by atoms with van der Waals surface area (Å²) in [5, 5.41) is 5.58. The molecule has 3 aliphatic heterocycles. The molecule has 11 heteroatoms. The van der Waals surface area contributed by atoms with Crippen LogP contribution >= 0.6 is 0 Å². The topological polar surface area (TPSA) is 113 Å². The molecule has 0 aromatic heterocycles. The minimum atomic E-state index is -0.832. The SMILES string of the molecule is COc1ccc(NC(=O)C[C@@H]2C(=O)NCCN2C(=O)CN2CCN(Cc3ccc4c(c3)OCO4)CC2)cc1. The third-order valence-electron chi connectivity index (χ3n) is 7.07. The van der Waals surface area contributed by atoms with Gasteiger partial charge >= 0.3 is 0 Å². The van der Waals surface area contributed by atoms with Crippen LogP contribution in [-0.4, -0.2) is 98.2 Å². The van der Waals surface area contributed by atoms with Crippen LogP contribution in [0.15, 0.2) is 42.5 Å². The maximum atomic E-state index is 13.2. The summed E-state index contributed by atoms with van der Waals surface area (Å²) < 4.78 is 16.0. The van der Waals surface area contributed by atoms with Gasteiger partial charge in [0, 0.05) is 51.5 Å². The van der Waals surface area contributed by atoms with Crippen LogP contribution < -0.4 is 24.8 Å². The number of hydrogen-bond acceptors (Lipinski definition) is 8. The van der Waals surface area contributed by atoms with Gasteiger partial charge < -0.3 is 29.7 Å². The maximum absolute atomic E-state index is 13.2. The minimum absolute atomic E-state index is 0.104. The molecule has 11 nitrogen and oxygen atoms in total. The van der Waals surface area contributed by atoms with E-state index in [4.69, 9.17) is 14.2 Å². The molecule has 0 aliphatic carbocycles. The molecule has 0 radical (unpaired) electrons. The summed E-state index contributed by atoms with van der Waals surface area (Å²) in [7, 11) is 1.57. The summed E-state index contributed by atoms with van der Waals surface area (Å²) in [6, 6.07) is 12.1. The van der Waals surface area contributed by atoms with E-state index >= 15 is 0 Å². The zero-order valence-corrected chi connectivity index (χ0v) is 21.5. The number of fused-ring (bicyclic) bond motifs is 1. The molecule has 2 aromatic carbocycles. The van der Waals surface area contributed by atoms with Gasteiger partial charge in [0.15, 0.2) is 11.5 Å². The van der Waals surface area contributed by atoms with Crippen LogP contribution in [0.4, 0.5) is 5.69 Å². The van der Waals surface area contributed by atoms with Gasteiger partial charge in [-0.05, 0) is 42.0 Å². The Labute approximate surface area is 221 Å². The van der Waals surface area contributed by atoms with Crippen molar-refractivity contribution in [3.63, 3.8) is 0 Å². The molecule has 3 amide bonds. The smallest absolute Gasteiger partial charge is 0.243 e. The van der Waals surface area contributed by atoms with Gasteiger partial charge in [-0.3, -0.25) is 24.2 Å². The number of amides is 3. The largest absolute Gasteiger partial charge is 0.497 e. The fourth-order valence-corrected chi connectivity index (χ4v) is 4.96. The lowest BCUT2D eigenvalue weighted by Crippen LogP contribution is -2.60. The molecule has 5 rings (SSSR count). The van der Waals surface area contributed by atoms with Gasteiger partial charge in [0.1, 0.15) is 11.8 Å². The highest BCUT2D eigenvalue weighted by atomic mass is 16.7. The van der Waals surface area contributed by atoms with Crippen molar-refractivity contribution < 1.29 is 28.6 Å². The standard InChI is InChI=1S/C27H33N5O6/c1-36-21-5-3-20(4-6-21)29-25(33)15-22-27(35)28-8-9-32(22)26(34)17-31-12-10-30(11-13-31)16-19-2-7-23-24(14-19)38-18-37-23/h2-7,14,22H,8-13,15-18H2,1H3,(H,28,35)(H,29,33)/t22-/m1/s1. The van der Waals surface area contributed by atoms with E-state index in [9.17, 15) is 14.4 Å². The van der Waals surface area contributed by atoms with Crippen LogP contribution in [-0.2, 0) is 20.9 Å². The van der Waals surface area contributed by atoms with Crippen molar-refractivity contribution in [1.82, 2.24) is 20.0 Å². The number of methoxy groups -OCH3 is 1. The van der Waals surface area contributed by atoms with Crippen LogP contribution in [0.3, 0.4) is 0 Å². The Morgan fingerprint density at radius 2 is 1.74 bits per heavy atom. The van der Waals surface area contributed by atoms with Crippen molar-refractivity contribution in [1.29, 1.82) is 0 Å². The Morgan fingerprint density at radius 3 is 2.50 bits per heavy atom. The molecule has 0 spiro atoms. The molecule has 1 atom stereocenters. The van der Waals surface area contributed by atoms with Gasteiger partial charge in [0.05, 0.1) is 20.1 Å². The summed E-state index contributed by atoms with van der Waals surface area (Å²) in [6.45, 7) is 5.21. The van der Waals surface area contributed by atoms with Crippen LogP contribution in [0.1, 0.15) is 12.0 Å². The quantitative estimate of drug-likeness (QED) is 0.525. The van der Waals surface area contributed by atoms with Crippen molar-refractivity contribution in [2.75, 3.05) is 65.0 Å². The zero-order chi connectivity index (χ0) is 26.5. The summed E-state index contributed by atoms with van der Waals surface area (Å²) in [5.74, 6) is 1.48. The van der Waals surface area contributed by atoms with Gasteiger partial charge in [-0.15, -0.1) is 0 Å². The van der Waals surface area contributed by atoms with Crippen LogP contribution in [0.25, 0.3) is 0 Å². The molecule has 202 valence electrons. The average Bonchev–Trinajstić information content (AvgIpc) is 3.39. The van der Waals surface area contributed by atoms with Crippen LogP contribution in [0.2, 0.25) is 0 Å². The Morgan fingerprint density at radius 1 is 1.00 bits per heavy atom. The Bertz CT molecular complexity index is 1170. The second kappa shape index (κ2) is 11.7. The van der Waals surface area contributed by atoms with E-state index in [1.54, 1.807) is 36.3 Å². The lowest BCUT2D eigenvalue weighted by molar-refractivity contribution is -0.145. The van der Waals surface area contributed by atoms with E-state index in [0.29, 0.717) is 24.5 Å². The first kappa shape index (κ1) is 25.8. The third kappa shape index (κ3) is 6.17. The van der Waals surface area contributed by atoms with E-state index in [1.165, 1.54) is 0 Å². The van der Waals surface area contributed by atoms with E-state index < -0.39 is 6.04 Å². The van der Waals surface area contributed by atoms with Gasteiger partial charge in [-0.2, -0.15) is 0 Å². The summed E-state index contributed by atoms with van der Waals surface area (Å²) in [6.07, 6.45) is -0.104. The van der Waals surface area contributed by atoms with Crippen molar-refractivity contribution in [2.45, 2.75) is 19.0 Å². The first-order valence-corrected chi connectivity index (χ1v) is 12.8. The van der Waals surface area contributed by atoms with E-state index in [-0.39, 0.29) is 37.5 Å². The number of hydrogen-bond donors (Lipinski definition) is 2.